The number of aryl methyl sites for hydroxylation is 1. The standard InChI is InChI=1S/C15H16FNO3S/c1-3-20-15-7-5-4-6-14(15)17-21(18,19)12-8-9-13(16)11(2)10-12/h4-10,17H,3H2,1-2H3. The summed E-state index contributed by atoms with van der Waals surface area (Å²) in [6.45, 7) is 3.76. The van der Waals surface area contributed by atoms with Crippen molar-refractivity contribution in [3.8, 4) is 5.75 Å². The van der Waals surface area contributed by atoms with E-state index in [4.69, 9.17) is 4.74 Å². The van der Waals surface area contributed by atoms with Crippen molar-refractivity contribution < 1.29 is 17.5 Å². The van der Waals surface area contributed by atoms with E-state index in [-0.39, 0.29) is 10.5 Å². The van der Waals surface area contributed by atoms with Crippen LogP contribution in [0.5, 0.6) is 5.75 Å². The third-order valence-electron chi connectivity index (χ3n) is 2.87. The van der Waals surface area contributed by atoms with Gasteiger partial charge in [0, 0.05) is 0 Å². The van der Waals surface area contributed by atoms with Crippen LogP contribution in [0.4, 0.5) is 10.1 Å². The van der Waals surface area contributed by atoms with Crippen molar-refractivity contribution in [2.24, 2.45) is 0 Å². The zero-order chi connectivity index (χ0) is 15.5. The minimum atomic E-state index is -3.79. The van der Waals surface area contributed by atoms with Gasteiger partial charge in [0.25, 0.3) is 10.0 Å². The van der Waals surface area contributed by atoms with Crippen molar-refractivity contribution in [2.45, 2.75) is 18.7 Å². The minimum absolute atomic E-state index is 0.00713. The highest BCUT2D eigenvalue weighted by Crippen LogP contribution is 2.27. The predicted molar refractivity (Wildman–Crippen MR) is 79.6 cm³/mol. The summed E-state index contributed by atoms with van der Waals surface area (Å²) in [6, 6.07) is 10.4. The highest BCUT2D eigenvalue weighted by molar-refractivity contribution is 7.92. The molecule has 0 fully saturated rings. The van der Waals surface area contributed by atoms with Crippen LogP contribution in [0.15, 0.2) is 47.4 Å². The van der Waals surface area contributed by atoms with Gasteiger partial charge in [-0.3, -0.25) is 4.72 Å². The van der Waals surface area contributed by atoms with Gasteiger partial charge in [-0.2, -0.15) is 0 Å². The fourth-order valence-electron chi connectivity index (χ4n) is 1.82. The highest BCUT2D eigenvalue weighted by atomic mass is 32.2. The van der Waals surface area contributed by atoms with E-state index in [1.54, 1.807) is 24.3 Å². The summed E-state index contributed by atoms with van der Waals surface area (Å²) < 4.78 is 45.7. The number of hydrogen-bond acceptors (Lipinski definition) is 3. The number of para-hydroxylation sites is 2. The van der Waals surface area contributed by atoms with E-state index in [1.165, 1.54) is 19.1 Å². The van der Waals surface area contributed by atoms with Gasteiger partial charge < -0.3 is 4.74 Å². The van der Waals surface area contributed by atoms with E-state index >= 15 is 0 Å². The summed E-state index contributed by atoms with van der Waals surface area (Å²) in [6.07, 6.45) is 0. The van der Waals surface area contributed by atoms with Gasteiger partial charge in [0.2, 0.25) is 0 Å². The molecule has 2 rings (SSSR count). The lowest BCUT2D eigenvalue weighted by atomic mass is 10.2. The first-order valence-electron chi connectivity index (χ1n) is 6.45. The maximum absolute atomic E-state index is 13.2. The highest BCUT2D eigenvalue weighted by Gasteiger charge is 2.17. The lowest BCUT2D eigenvalue weighted by Gasteiger charge is -2.13. The average Bonchev–Trinajstić information content (AvgIpc) is 2.44. The van der Waals surface area contributed by atoms with E-state index in [9.17, 15) is 12.8 Å². The van der Waals surface area contributed by atoms with E-state index < -0.39 is 15.8 Å². The van der Waals surface area contributed by atoms with Crippen molar-refractivity contribution in [1.82, 2.24) is 0 Å². The van der Waals surface area contributed by atoms with Crippen molar-refractivity contribution >= 4 is 15.7 Å². The van der Waals surface area contributed by atoms with Gasteiger partial charge in [-0.1, -0.05) is 12.1 Å². The Kier molecular flexibility index (Phi) is 4.47. The summed E-state index contributed by atoms with van der Waals surface area (Å²) in [5.41, 5.74) is 0.622. The number of hydrogen-bond donors (Lipinski definition) is 1. The molecule has 0 amide bonds. The first-order chi connectivity index (χ1) is 9.94. The van der Waals surface area contributed by atoms with Crippen LogP contribution in [0.2, 0.25) is 0 Å². The van der Waals surface area contributed by atoms with Crippen LogP contribution in [0.1, 0.15) is 12.5 Å². The summed E-state index contributed by atoms with van der Waals surface area (Å²) in [5.74, 6) is 0.00563. The summed E-state index contributed by atoms with van der Waals surface area (Å²) in [5, 5.41) is 0. The van der Waals surface area contributed by atoms with E-state index in [2.05, 4.69) is 4.72 Å². The van der Waals surface area contributed by atoms with Gasteiger partial charge in [-0.15, -0.1) is 0 Å². The smallest absolute Gasteiger partial charge is 0.262 e. The largest absolute Gasteiger partial charge is 0.492 e. The second-order valence-corrected chi connectivity index (χ2v) is 6.13. The molecule has 0 heterocycles. The summed E-state index contributed by atoms with van der Waals surface area (Å²) in [7, 11) is -3.79. The fraction of sp³-hybridized carbons (Fsp3) is 0.200. The first kappa shape index (κ1) is 15.3. The van der Waals surface area contributed by atoms with E-state index in [1.807, 2.05) is 6.92 Å². The van der Waals surface area contributed by atoms with Gasteiger partial charge in [0.1, 0.15) is 11.6 Å². The van der Waals surface area contributed by atoms with E-state index in [0.29, 0.717) is 18.0 Å². The number of rotatable bonds is 5. The number of halogens is 1. The monoisotopic (exact) mass is 309 g/mol. The maximum Gasteiger partial charge on any atom is 0.262 e. The SMILES string of the molecule is CCOc1ccccc1NS(=O)(=O)c1ccc(F)c(C)c1. The summed E-state index contributed by atoms with van der Waals surface area (Å²) >= 11 is 0. The molecule has 1 N–H and O–H groups in total. The molecule has 0 aliphatic heterocycles. The average molecular weight is 309 g/mol. The van der Waals surface area contributed by atoms with Crippen LogP contribution in [-0.2, 0) is 10.0 Å². The molecule has 0 spiro atoms. The second kappa shape index (κ2) is 6.13. The Morgan fingerprint density at radius 3 is 2.57 bits per heavy atom. The molecule has 112 valence electrons. The molecule has 0 aromatic heterocycles. The molecule has 0 saturated heterocycles. The molecule has 2 aromatic rings. The number of sulfonamides is 1. The molecule has 4 nitrogen and oxygen atoms in total. The number of benzene rings is 2. The zero-order valence-electron chi connectivity index (χ0n) is 11.8. The molecular formula is C15H16FNO3S. The molecule has 0 radical (unpaired) electrons. The van der Waals surface area contributed by atoms with Crippen molar-refractivity contribution in [2.75, 3.05) is 11.3 Å². The molecule has 0 bridgehead atoms. The van der Waals surface area contributed by atoms with Gasteiger partial charge in [-0.25, -0.2) is 12.8 Å². The van der Waals surface area contributed by atoms with Gasteiger partial charge in [0.15, 0.2) is 0 Å². The Balaban J connectivity index is 2.35. The molecule has 21 heavy (non-hydrogen) atoms. The Labute approximate surface area is 123 Å². The Morgan fingerprint density at radius 1 is 1.19 bits per heavy atom. The summed E-state index contributed by atoms with van der Waals surface area (Å²) in [4.78, 5) is 0.00713. The first-order valence-corrected chi connectivity index (χ1v) is 7.93. The third-order valence-corrected chi connectivity index (χ3v) is 4.23. The van der Waals surface area contributed by atoms with Crippen molar-refractivity contribution in [1.29, 1.82) is 0 Å². The maximum atomic E-state index is 13.2. The van der Waals surface area contributed by atoms with Crippen molar-refractivity contribution in [3.05, 3.63) is 53.8 Å². The molecular weight excluding hydrogens is 293 g/mol. The quantitative estimate of drug-likeness (QED) is 0.921. The van der Waals surface area contributed by atoms with Crippen LogP contribution in [0.25, 0.3) is 0 Å². The normalized spacial score (nSPS) is 11.2. The molecule has 0 aliphatic carbocycles. The Hall–Kier alpha value is -2.08. The van der Waals surface area contributed by atoms with Crippen LogP contribution in [0.3, 0.4) is 0 Å². The van der Waals surface area contributed by atoms with Gasteiger partial charge in [-0.05, 0) is 49.7 Å². The topological polar surface area (TPSA) is 55.4 Å². The second-order valence-electron chi connectivity index (χ2n) is 4.45. The van der Waals surface area contributed by atoms with Crippen molar-refractivity contribution in [3.63, 3.8) is 0 Å². The molecule has 6 heteroatoms. The molecule has 0 unspecified atom stereocenters. The van der Waals surface area contributed by atoms with Gasteiger partial charge >= 0.3 is 0 Å². The van der Waals surface area contributed by atoms with Crippen LogP contribution in [-0.4, -0.2) is 15.0 Å². The fourth-order valence-corrected chi connectivity index (χ4v) is 2.98. The number of anilines is 1. The predicted octanol–water partition coefficient (Wildman–Crippen LogP) is 3.33. The third kappa shape index (κ3) is 3.52. The Morgan fingerprint density at radius 2 is 1.90 bits per heavy atom. The lowest BCUT2D eigenvalue weighted by Crippen LogP contribution is -2.14. The van der Waals surface area contributed by atoms with Crippen LogP contribution >= 0.6 is 0 Å². The molecule has 0 saturated carbocycles. The minimum Gasteiger partial charge on any atom is -0.492 e. The van der Waals surface area contributed by atoms with E-state index in [0.717, 1.165) is 6.07 Å². The van der Waals surface area contributed by atoms with Crippen LogP contribution < -0.4 is 9.46 Å². The molecule has 0 atom stereocenters. The lowest BCUT2D eigenvalue weighted by molar-refractivity contribution is 0.342. The van der Waals surface area contributed by atoms with Crippen LogP contribution in [0, 0.1) is 12.7 Å². The Bertz CT molecular complexity index is 744. The number of ether oxygens (including phenoxy) is 1. The molecule has 2 aromatic carbocycles. The zero-order valence-corrected chi connectivity index (χ0v) is 12.6. The van der Waals surface area contributed by atoms with Gasteiger partial charge in [0.05, 0.1) is 17.2 Å². The molecule has 0 aliphatic rings. The number of nitrogens with one attached hydrogen (secondary N) is 1.